The van der Waals surface area contributed by atoms with Crippen molar-refractivity contribution in [3.63, 3.8) is 0 Å². The molecule has 1 fully saturated rings. The SMILES string of the molecule is COc1ccc(F)c(-c2ccc(CCl)cc2N2CCCCCC2)c1. The highest BCUT2D eigenvalue weighted by Crippen LogP contribution is 2.36. The topological polar surface area (TPSA) is 12.5 Å². The van der Waals surface area contributed by atoms with Crippen molar-refractivity contribution in [1.29, 1.82) is 0 Å². The first-order chi connectivity index (χ1) is 11.7. The van der Waals surface area contributed by atoms with Crippen LogP contribution in [0.2, 0.25) is 0 Å². The average molecular weight is 348 g/mol. The molecule has 4 heteroatoms. The monoisotopic (exact) mass is 347 g/mol. The van der Waals surface area contributed by atoms with Gasteiger partial charge < -0.3 is 9.64 Å². The van der Waals surface area contributed by atoms with E-state index in [0.717, 1.165) is 29.9 Å². The number of anilines is 1. The quantitative estimate of drug-likeness (QED) is 0.665. The second-order valence-electron chi connectivity index (χ2n) is 6.23. The summed E-state index contributed by atoms with van der Waals surface area (Å²) in [5.74, 6) is 0.891. The summed E-state index contributed by atoms with van der Waals surface area (Å²) < 4.78 is 19.8. The Morgan fingerprint density at radius 3 is 2.42 bits per heavy atom. The minimum Gasteiger partial charge on any atom is -0.497 e. The molecule has 0 aromatic heterocycles. The van der Waals surface area contributed by atoms with Gasteiger partial charge in [0.05, 0.1) is 7.11 Å². The van der Waals surface area contributed by atoms with Crippen LogP contribution in [0, 0.1) is 5.82 Å². The number of alkyl halides is 1. The van der Waals surface area contributed by atoms with Crippen molar-refractivity contribution in [3.05, 3.63) is 47.8 Å². The Morgan fingerprint density at radius 2 is 1.75 bits per heavy atom. The van der Waals surface area contributed by atoms with Crippen LogP contribution in [0.1, 0.15) is 31.2 Å². The molecule has 0 spiro atoms. The van der Waals surface area contributed by atoms with Crippen molar-refractivity contribution < 1.29 is 9.13 Å². The van der Waals surface area contributed by atoms with Crippen LogP contribution in [0.25, 0.3) is 11.1 Å². The summed E-state index contributed by atoms with van der Waals surface area (Å²) in [4.78, 5) is 2.37. The summed E-state index contributed by atoms with van der Waals surface area (Å²) in [7, 11) is 1.60. The highest BCUT2D eigenvalue weighted by Gasteiger charge is 2.18. The lowest BCUT2D eigenvalue weighted by Crippen LogP contribution is -2.24. The van der Waals surface area contributed by atoms with Crippen LogP contribution in [0.15, 0.2) is 36.4 Å². The van der Waals surface area contributed by atoms with E-state index in [9.17, 15) is 4.39 Å². The second kappa shape index (κ2) is 7.89. The zero-order valence-electron chi connectivity index (χ0n) is 14.0. The van der Waals surface area contributed by atoms with Gasteiger partial charge in [-0.2, -0.15) is 0 Å². The maximum Gasteiger partial charge on any atom is 0.131 e. The number of ether oxygens (including phenoxy) is 1. The highest BCUT2D eigenvalue weighted by atomic mass is 35.5. The predicted molar refractivity (Wildman–Crippen MR) is 98.6 cm³/mol. The van der Waals surface area contributed by atoms with Crippen LogP contribution >= 0.6 is 11.6 Å². The molecule has 1 aliphatic rings. The molecule has 1 saturated heterocycles. The second-order valence-corrected chi connectivity index (χ2v) is 6.50. The molecule has 0 radical (unpaired) electrons. The van der Waals surface area contributed by atoms with Gasteiger partial charge in [-0.3, -0.25) is 0 Å². The molecule has 0 N–H and O–H groups in total. The Labute approximate surface area is 148 Å². The molecule has 2 aromatic rings. The van der Waals surface area contributed by atoms with Crippen LogP contribution in [0.5, 0.6) is 5.75 Å². The molecule has 1 aliphatic heterocycles. The van der Waals surface area contributed by atoms with Gasteiger partial charge in [-0.05, 0) is 42.7 Å². The predicted octanol–water partition coefficient (Wildman–Crippen LogP) is 5.62. The van der Waals surface area contributed by atoms with Gasteiger partial charge in [0.1, 0.15) is 11.6 Å². The van der Waals surface area contributed by atoms with Crippen molar-refractivity contribution in [3.8, 4) is 16.9 Å². The first-order valence-corrected chi connectivity index (χ1v) is 9.04. The van der Waals surface area contributed by atoms with E-state index in [1.54, 1.807) is 19.2 Å². The summed E-state index contributed by atoms with van der Waals surface area (Å²) in [6, 6.07) is 10.9. The van der Waals surface area contributed by atoms with Crippen molar-refractivity contribution in [2.45, 2.75) is 31.6 Å². The van der Waals surface area contributed by atoms with Crippen LogP contribution in [0.4, 0.5) is 10.1 Å². The molecule has 0 amide bonds. The first kappa shape index (κ1) is 17.1. The van der Waals surface area contributed by atoms with E-state index < -0.39 is 0 Å². The number of hydrogen-bond donors (Lipinski definition) is 0. The van der Waals surface area contributed by atoms with E-state index in [1.807, 2.05) is 12.1 Å². The molecular formula is C20H23ClFNO. The van der Waals surface area contributed by atoms with E-state index in [0.29, 0.717) is 17.2 Å². The Balaban J connectivity index is 2.09. The third kappa shape index (κ3) is 3.67. The molecule has 0 bridgehead atoms. The van der Waals surface area contributed by atoms with Crippen LogP contribution in [0.3, 0.4) is 0 Å². The third-order valence-corrected chi connectivity index (χ3v) is 4.94. The maximum atomic E-state index is 14.5. The van der Waals surface area contributed by atoms with E-state index in [4.69, 9.17) is 16.3 Å². The van der Waals surface area contributed by atoms with Crippen LogP contribution in [-0.2, 0) is 5.88 Å². The van der Waals surface area contributed by atoms with Gasteiger partial charge >= 0.3 is 0 Å². The first-order valence-electron chi connectivity index (χ1n) is 8.50. The van der Waals surface area contributed by atoms with E-state index in [2.05, 4.69) is 11.0 Å². The molecule has 24 heavy (non-hydrogen) atoms. The fourth-order valence-corrected chi connectivity index (χ4v) is 3.47. The minimum absolute atomic E-state index is 0.231. The van der Waals surface area contributed by atoms with Gasteiger partial charge in [-0.15, -0.1) is 11.6 Å². The van der Waals surface area contributed by atoms with Gasteiger partial charge in [0.2, 0.25) is 0 Å². The summed E-state index contributed by atoms with van der Waals surface area (Å²) >= 11 is 6.03. The molecular weight excluding hydrogens is 325 g/mol. The summed E-state index contributed by atoms with van der Waals surface area (Å²) in [6.45, 7) is 2.01. The van der Waals surface area contributed by atoms with Crippen molar-refractivity contribution in [1.82, 2.24) is 0 Å². The van der Waals surface area contributed by atoms with Crippen molar-refractivity contribution in [2.75, 3.05) is 25.1 Å². The highest BCUT2D eigenvalue weighted by molar-refractivity contribution is 6.17. The number of halogens is 2. The lowest BCUT2D eigenvalue weighted by molar-refractivity contribution is 0.414. The molecule has 128 valence electrons. The van der Waals surface area contributed by atoms with Crippen LogP contribution < -0.4 is 9.64 Å². The fourth-order valence-electron chi connectivity index (χ4n) is 3.30. The number of methoxy groups -OCH3 is 1. The molecule has 2 aromatic carbocycles. The van der Waals surface area contributed by atoms with Gasteiger partial charge in [0, 0.05) is 35.8 Å². The van der Waals surface area contributed by atoms with Gasteiger partial charge in [-0.1, -0.05) is 25.0 Å². The Kier molecular flexibility index (Phi) is 5.62. The minimum atomic E-state index is -0.231. The normalized spacial score (nSPS) is 15.2. The molecule has 3 rings (SSSR count). The van der Waals surface area contributed by atoms with E-state index in [1.165, 1.54) is 31.7 Å². The Hall–Kier alpha value is -1.74. The largest absolute Gasteiger partial charge is 0.497 e. The molecule has 2 nitrogen and oxygen atoms in total. The third-order valence-electron chi connectivity index (χ3n) is 4.63. The molecule has 0 unspecified atom stereocenters. The summed E-state index contributed by atoms with van der Waals surface area (Å²) in [5.41, 5.74) is 3.61. The smallest absolute Gasteiger partial charge is 0.131 e. The lowest BCUT2D eigenvalue weighted by atomic mass is 9.99. The molecule has 0 saturated carbocycles. The van der Waals surface area contributed by atoms with Crippen LogP contribution in [-0.4, -0.2) is 20.2 Å². The Morgan fingerprint density at radius 1 is 1.00 bits per heavy atom. The van der Waals surface area contributed by atoms with Crippen molar-refractivity contribution in [2.24, 2.45) is 0 Å². The zero-order chi connectivity index (χ0) is 16.9. The number of nitrogens with zero attached hydrogens (tertiary/aromatic N) is 1. The zero-order valence-corrected chi connectivity index (χ0v) is 14.8. The average Bonchev–Trinajstić information content (AvgIpc) is 2.91. The molecule has 1 heterocycles. The number of benzene rings is 2. The van der Waals surface area contributed by atoms with Gasteiger partial charge in [0.15, 0.2) is 0 Å². The maximum absolute atomic E-state index is 14.5. The fraction of sp³-hybridized carbons (Fsp3) is 0.400. The number of rotatable bonds is 4. The van der Waals surface area contributed by atoms with Gasteiger partial charge in [0.25, 0.3) is 0 Å². The summed E-state index contributed by atoms with van der Waals surface area (Å²) in [6.07, 6.45) is 4.86. The van der Waals surface area contributed by atoms with E-state index in [-0.39, 0.29) is 5.82 Å². The van der Waals surface area contributed by atoms with E-state index >= 15 is 0 Å². The molecule has 0 atom stereocenters. The Bertz CT molecular complexity index is 696. The summed E-state index contributed by atoms with van der Waals surface area (Å²) in [5, 5.41) is 0. The molecule has 0 aliphatic carbocycles. The number of hydrogen-bond acceptors (Lipinski definition) is 2. The van der Waals surface area contributed by atoms with Gasteiger partial charge in [-0.25, -0.2) is 4.39 Å². The lowest BCUT2D eigenvalue weighted by Gasteiger charge is -2.26. The standard InChI is InChI=1S/C20H23ClFNO/c1-24-16-7-9-19(22)18(13-16)17-8-6-15(14-21)12-20(17)23-10-4-2-3-5-11-23/h6-9,12-13H,2-5,10-11,14H2,1H3. The van der Waals surface area contributed by atoms with Crippen molar-refractivity contribution >= 4 is 17.3 Å².